The minimum absolute atomic E-state index is 0.112. The van der Waals surface area contributed by atoms with E-state index in [1.54, 1.807) is 12.1 Å². The lowest BCUT2D eigenvalue weighted by molar-refractivity contribution is 0.0929. The quantitative estimate of drug-likeness (QED) is 0.670. The number of phenolic OH excluding ortho intramolecular Hbond substituents is 1. The molecular weight excluding hydrogens is 326 g/mol. The maximum Gasteiger partial charge on any atom is 0.263 e. The van der Waals surface area contributed by atoms with E-state index in [1.165, 1.54) is 23.5 Å². The summed E-state index contributed by atoms with van der Waals surface area (Å²) in [5, 5.41) is 15.7. The largest absolute Gasteiger partial charge is 0.508 e. The molecule has 2 amide bonds. The molecule has 0 bridgehead atoms. The Kier molecular flexibility index (Phi) is 6.31. The average Bonchev–Trinajstić information content (AvgIpc) is 2.93. The van der Waals surface area contributed by atoms with Gasteiger partial charge in [0.2, 0.25) is 0 Å². The number of carbonyl (C=O) groups is 2. The van der Waals surface area contributed by atoms with Crippen LogP contribution in [0.5, 0.6) is 5.75 Å². The number of aromatic nitrogens is 1. The number of aryl methyl sites for hydroxylation is 2. The SMILES string of the molecule is CCCc1nc(C)c(C(=O)NCCNC(=O)c2ccc(O)cc2)s1. The number of aromatic hydroxyl groups is 1. The number of nitrogens with one attached hydrogen (secondary N) is 2. The van der Waals surface area contributed by atoms with Gasteiger partial charge < -0.3 is 15.7 Å². The molecule has 0 radical (unpaired) electrons. The lowest BCUT2D eigenvalue weighted by atomic mass is 10.2. The third-order valence-electron chi connectivity index (χ3n) is 3.34. The van der Waals surface area contributed by atoms with Crippen LogP contribution < -0.4 is 10.6 Å². The minimum atomic E-state index is -0.247. The Morgan fingerprint density at radius 2 is 1.75 bits per heavy atom. The molecule has 0 aliphatic rings. The van der Waals surface area contributed by atoms with E-state index in [0.29, 0.717) is 23.5 Å². The molecule has 24 heavy (non-hydrogen) atoms. The van der Waals surface area contributed by atoms with Gasteiger partial charge in [0.15, 0.2) is 0 Å². The van der Waals surface area contributed by atoms with Crippen molar-refractivity contribution in [3.05, 3.63) is 45.4 Å². The number of hydrogen-bond donors (Lipinski definition) is 3. The van der Waals surface area contributed by atoms with Crippen LogP contribution in [-0.2, 0) is 6.42 Å². The Morgan fingerprint density at radius 3 is 2.38 bits per heavy atom. The van der Waals surface area contributed by atoms with Gasteiger partial charge in [0.1, 0.15) is 10.6 Å². The van der Waals surface area contributed by atoms with Crippen LogP contribution in [-0.4, -0.2) is 35.0 Å². The molecule has 128 valence electrons. The first kappa shape index (κ1) is 17.9. The molecule has 0 aliphatic heterocycles. The van der Waals surface area contributed by atoms with E-state index >= 15 is 0 Å². The summed E-state index contributed by atoms with van der Waals surface area (Å²) in [6.07, 6.45) is 1.87. The second-order valence-electron chi connectivity index (χ2n) is 5.33. The molecule has 1 aromatic heterocycles. The van der Waals surface area contributed by atoms with E-state index in [-0.39, 0.29) is 17.6 Å². The molecular formula is C17H21N3O3S. The van der Waals surface area contributed by atoms with E-state index in [1.807, 2.05) is 6.92 Å². The van der Waals surface area contributed by atoms with Crippen LogP contribution in [0.15, 0.2) is 24.3 Å². The van der Waals surface area contributed by atoms with Crippen LogP contribution in [0.2, 0.25) is 0 Å². The second kappa shape index (κ2) is 8.44. The van der Waals surface area contributed by atoms with Crippen LogP contribution in [0.4, 0.5) is 0 Å². The summed E-state index contributed by atoms with van der Waals surface area (Å²) in [7, 11) is 0. The van der Waals surface area contributed by atoms with Crippen LogP contribution in [0.1, 0.15) is 44.1 Å². The fourth-order valence-electron chi connectivity index (χ4n) is 2.13. The zero-order valence-corrected chi connectivity index (χ0v) is 14.6. The fourth-order valence-corrected chi connectivity index (χ4v) is 3.21. The van der Waals surface area contributed by atoms with Crippen molar-refractivity contribution in [3.63, 3.8) is 0 Å². The van der Waals surface area contributed by atoms with Crippen LogP contribution in [0.3, 0.4) is 0 Å². The lowest BCUT2D eigenvalue weighted by Gasteiger charge is -2.07. The van der Waals surface area contributed by atoms with Crippen molar-refractivity contribution in [3.8, 4) is 5.75 Å². The predicted octanol–water partition coefficient (Wildman–Crippen LogP) is 2.27. The highest BCUT2D eigenvalue weighted by atomic mass is 32.1. The lowest BCUT2D eigenvalue weighted by Crippen LogP contribution is -2.34. The van der Waals surface area contributed by atoms with Crippen molar-refractivity contribution in [2.45, 2.75) is 26.7 Å². The molecule has 0 atom stereocenters. The summed E-state index contributed by atoms with van der Waals surface area (Å²) in [6, 6.07) is 5.99. The van der Waals surface area contributed by atoms with Gasteiger partial charge in [-0.05, 0) is 44.0 Å². The topological polar surface area (TPSA) is 91.3 Å². The molecule has 7 heteroatoms. The first-order valence-corrected chi connectivity index (χ1v) is 8.64. The number of rotatable bonds is 7. The van der Waals surface area contributed by atoms with Crippen LogP contribution in [0, 0.1) is 6.92 Å². The minimum Gasteiger partial charge on any atom is -0.508 e. The Labute approximate surface area is 144 Å². The molecule has 0 aliphatic carbocycles. The number of benzene rings is 1. The highest BCUT2D eigenvalue weighted by Crippen LogP contribution is 2.19. The van der Waals surface area contributed by atoms with Gasteiger partial charge >= 0.3 is 0 Å². The number of nitrogens with zero attached hydrogens (tertiary/aromatic N) is 1. The van der Waals surface area contributed by atoms with Crippen molar-refractivity contribution in [1.29, 1.82) is 0 Å². The standard InChI is InChI=1S/C17H21N3O3S/c1-3-4-14-20-11(2)15(24-14)17(23)19-10-9-18-16(22)12-5-7-13(21)8-6-12/h5-8,21H,3-4,9-10H2,1-2H3,(H,18,22)(H,19,23). The molecule has 1 aromatic carbocycles. The van der Waals surface area contributed by atoms with Gasteiger partial charge in [0.25, 0.3) is 11.8 Å². The van der Waals surface area contributed by atoms with E-state index in [9.17, 15) is 14.7 Å². The third-order valence-corrected chi connectivity index (χ3v) is 4.55. The smallest absolute Gasteiger partial charge is 0.263 e. The van der Waals surface area contributed by atoms with Crippen molar-refractivity contribution >= 4 is 23.2 Å². The highest BCUT2D eigenvalue weighted by molar-refractivity contribution is 7.13. The van der Waals surface area contributed by atoms with Crippen molar-refractivity contribution in [2.24, 2.45) is 0 Å². The number of carbonyl (C=O) groups excluding carboxylic acids is 2. The summed E-state index contributed by atoms with van der Waals surface area (Å²) >= 11 is 1.42. The zero-order chi connectivity index (χ0) is 17.5. The fraction of sp³-hybridized carbons (Fsp3) is 0.353. The molecule has 0 saturated heterocycles. The first-order chi connectivity index (χ1) is 11.5. The molecule has 2 rings (SSSR count). The molecule has 6 nitrogen and oxygen atoms in total. The van der Waals surface area contributed by atoms with Gasteiger partial charge in [0, 0.05) is 18.7 Å². The van der Waals surface area contributed by atoms with Crippen LogP contribution in [0.25, 0.3) is 0 Å². The van der Waals surface area contributed by atoms with Gasteiger partial charge in [-0.15, -0.1) is 11.3 Å². The zero-order valence-electron chi connectivity index (χ0n) is 13.8. The van der Waals surface area contributed by atoms with E-state index < -0.39 is 0 Å². The molecule has 0 fully saturated rings. The van der Waals surface area contributed by atoms with E-state index in [2.05, 4.69) is 22.5 Å². The summed E-state index contributed by atoms with van der Waals surface area (Å²) in [4.78, 5) is 29.1. The third kappa shape index (κ3) is 4.79. The Bertz CT molecular complexity index is 710. The Morgan fingerprint density at radius 1 is 1.12 bits per heavy atom. The summed E-state index contributed by atoms with van der Waals surface area (Å²) in [6.45, 7) is 4.57. The number of thiazole rings is 1. The van der Waals surface area contributed by atoms with E-state index in [0.717, 1.165) is 23.5 Å². The van der Waals surface area contributed by atoms with Gasteiger partial charge in [0.05, 0.1) is 10.7 Å². The molecule has 0 unspecified atom stereocenters. The van der Waals surface area contributed by atoms with Gasteiger partial charge in [-0.3, -0.25) is 9.59 Å². The summed E-state index contributed by atoms with van der Waals surface area (Å²) in [5.74, 6) is -0.295. The second-order valence-corrected chi connectivity index (χ2v) is 6.41. The van der Waals surface area contributed by atoms with Crippen LogP contribution >= 0.6 is 11.3 Å². The van der Waals surface area contributed by atoms with Gasteiger partial charge in [-0.25, -0.2) is 4.98 Å². The molecule has 0 spiro atoms. The number of phenols is 1. The average molecular weight is 347 g/mol. The molecule has 0 saturated carbocycles. The van der Waals surface area contributed by atoms with E-state index in [4.69, 9.17) is 0 Å². The normalized spacial score (nSPS) is 10.4. The van der Waals surface area contributed by atoms with Gasteiger partial charge in [-0.1, -0.05) is 6.92 Å². The van der Waals surface area contributed by atoms with Crippen molar-refractivity contribution < 1.29 is 14.7 Å². The van der Waals surface area contributed by atoms with Gasteiger partial charge in [-0.2, -0.15) is 0 Å². The Balaban J connectivity index is 1.78. The summed E-state index contributed by atoms with van der Waals surface area (Å²) in [5.41, 5.74) is 1.20. The molecule has 2 aromatic rings. The number of hydrogen-bond acceptors (Lipinski definition) is 5. The highest BCUT2D eigenvalue weighted by Gasteiger charge is 2.14. The summed E-state index contributed by atoms with van der Waals surface area (Å²) < 4.78 is 0. The maximum atomic E-state index is 12.2. The monoisotopic (exact) mass is 347 g/mol. The maximum absolute atomic E-state index is 12.2. The number of amides is 2. The van der Waals surface area contributed by atoms with Crippen molar-refractivity contribution in [1.82, 2.24) is 15.6 Å². The predicted molar refractivity (Wildman–Crippen MR) is 93.6 cm³/mol. The Hall–Kier alpha value is -2.41. The molecule has 3 N–H and O–H groups in total. The van der Waals surface area contributed by atoms with Crippen molar-refractivity contribution in [2.75, 3.05) is 13.1 Å². The first-order valence-electron chi connectivity index (χ1n) is 7.83. The molecule has 1 heterocycles.